The van der Waals surface area contributed by atoms with Crippen LogP contribution in [0, 0.1) is 40.4 Å². The van der Waals surface area contributed by atoms with Crippen molar-refractivity contribution in [2.24, 2.45) is 40.4 Å². The quantitative estimate of drug-likeness (QED) is 0.519. The number of aliphatic hydroxyl groups excluding tert-OH is 1. The molecule has 5 heteroatoms. The number of fused-ring (bicyclic) bond motifs is 4. The van der Waals surface area contributed by atoms with Gasteiger partial charge in [-0.05, 0) is 68.8 Å². The molecule has 0 radical (unpaired) electrons. The average Bonchev–Trinajstić information content (AvgIpc) is 3.06. The van der Waals surface area contributed by atoms with Crippen LogP contribution in [0.2, 0.25) is 0 Å². The molecule has 9 atom stereocenters. The van der Waals surface area contributed by atoms with Crippen molar-refractivity contribution in [2.75, 3.05) is 0 Å². The van der Waals surface area contributed by atoms with Crippen LogP contribution in [0.1, 0.15) is 92.9 Å². The van der Waals surface area contributed by atoms with Gasteiger partial charge in [0, 0.05) is 41.1 Å². The Morgan fingerprint density at radius 2 is 1.86 bits per heavy atom. The van der Waals surface area contributed by atoms with E-state index in [9.17, 15) is 24.6 Å². The molecule has 0 aromatic rings. The third-order valence-corrected chi connectivity index (χ3v) is 11.1. The Kier molecular flexibility index (Phi) is 6.63. The molecule has 35 heavy (non-hydrogen) atoms. The number of carbonyl (C=O) groups is 3. The van der Waals surface area contributed by atoms with Crippen LogP contribution in [0.25, 0.3) is 0 Å². The number of Topliss-reactive ketones (excluding diaryl/α,β-unsaturated/α-hetero) is 3. The van der Waals surface area contributed by atoms with Crippen LogP contribution in [0.5, 0.6) is 0 Å². The lowest BCUT2D eigenvalue weighted by Crippen LogP contribution is -2.60. The highest BCUT2D eigenvalue weighted by molar-refractivity contribution is 6.01. The number of rotatable bonds is 6. The van der Waals surface area contributed by atoms with Crippen molar-refractivity contribution in [1.82, 2.24) is 0 Å². The first-order valence-corrected chi connectivity index (χ1v) is 13.6. The van der Waals surface area contributed by atoms with Gasteiger partial charge in [0.25, 0.3) is 0 Å². The second-order valence-corrected chi connectivity index (χ2v) is 12.8. The predicted molar refractivity (Wildman–Crippen MR) is 135 cm³/mol. The molecule has 0 aromatic heterocycles. The van der Waals surface area contributed by atoms with Crippen LogP contribution >= 0.6 is 0 Å². The Morgan fingerprint density at radius 3 is 2.49 bits per heavy atom. The van der Waals surface area contributed by atoms with Crippen molar-refractivity contribution in [3.63, 3.8) is 0 Å². The van der Waals surface area contributed by atoms with E-state index in [0.29, 0.717) is 36.8 Å². The molecule has 3 unspecified atom stereocenters. The van der Waals surface area contributed by atoms with Gasteiger partial charge in [-0.2, -0.15) is 0 Å². The lowest BCUT2D eigenvalue weighted by molar-refractivity contribution is -0.142. The van der Waals surface area contributed by atoms with Crippen LogP contribution < -0.4 is 0 Å². The molecule has 0 spiro atoms. The van der Waals surface area contributed by atoms with Crippen molar-refractivity contribution in [1.29, 1.82) is 0 Å². The molecule has 2 N–H and O–H groups in total. The molecule has 4 rings (SSSR count). The maximum absolute atomic E-state index is 13.9. The molecule has 0 aromatic carbocycles. The summed E-state index contributed by atoms with van der Waals surface area (Å²) in [6.45, 7) is 15.9. The van der Waals surface area contributed by atoms with Crippen molar-refractivity contribution < 1.29 is 24.6 Å². The van der Waals surface area contributed by atoms with E-state index in [1.165, 1.54) is 0 Å². The molecule has 0 heterocycles. The number of allylic oxidation sites excluding steroid dienone is 2. The molecule has 4 aliphatic carbocycles. The van der Waals surface area contributed by atoms with E-state index in [1.54, 1.807) is 6.92 Å². The maximum atomic E-state index is 13.9. The normalized spacial score (nSPS) is 42.7. The largest absolute Gasteiger partial charge is 0.389 e. The minimum atomic E-state index is -1.21. The number of hydrogen-bond donors (Lipinski definition) is 2. The van der Waals surface area contributed by atoms with E-state index < -0.39 is 22.5 Å². The number of aliphatic hydroxyl groups is 2. The van der Waals surface area contributed by atoms with Crippen LogP contribution in [-0.4, -0.2) is 39.3 Å². The highest BCUT2D eigenvalue weighted by Gasteiger charge is 2.67. The van der Waals surface area contributed by atoms with Gasteiger partial charge in [0.2, 0.25) is 0 Å². The SMILES string of the molecule is C=C(CC[C@@H](C)C1CC[C@@]2(O)C3=C(C(=O)C[C@]12C)[C@@]1(C)CCC(=O)[C@@H](C)C1C[C@@H]3O)C(C)C(C)=O. The van der Waals surface area contributed by atoms with Crippen LogP contribution in [-0.2, 0) is 14.4 Å². The van der Waals surface area contributed by atoms with Gasteiger partial charge in [-0.25, -0.2) is 0 Å². The van der Waals surface area contributed by atoms with Crippen LogP contribution in [0.15, 0.2) is 23.3 Å². The third-order valence-electron chi connectivity index (χ3n) is 11.1. The fourth-order valence-corrected chi connectivity index (χ4v) is 8.58. The van der Waals surface area contributed by atoms with E-state index >= 15 is 0 Å². The highest BCUT2D eigenvalue weighted by Crippen LogP contribution is 2.67. The molecule has 0 aliphatic heterocycles. The summed E-state index contributed by atoms with van der Waals surface area (Å²) in [4.78, 5) is 38.1. The summed E-state index contributed by atoms with van der Waals surface area (Å²) in [5.74, 6) is 0.360. The Labute approximate surface area is 210 Å². The summed E-state index contributed by atoms with van der Waals surface area (Å²) in [5.41, 5.74) is -0.179. The van der Waals surface area contributed by atoms with E-state index in [4.69, 9.17) is 0 Å². The molecule has 2 fully saturated rings. The summed E-state index contributed by atoms with van der Waals surface area (Å²) in [6.07, 6.45) is 3.83. The van der Waals surface area contributed by atoms with Crippen molar-refractivity contribution in [2.45, 2.75) is 105 Å². The van der Waals surface area contributed by atoms with E-state index in [1.807, 2.05) is 20.8 Å². The van der Waals surface area contributed by atoms with Gasteiger partial charge in [0.15, 0.2) is 5.78 Å². The first kappa shape index (κ1) is 26.5. The fraction of sp³-hybridized carbons (Fsp3) is 0.767. The van der Waals surface area contributed by atoms with E-state index in [2.05, 4.69) is 20.4 Å². The molecule has 0 bridgehead atoms. The Hall–Kier alpha value is -1.59. The van der Waals surface area contributed by atoms with Gasteiger partial charge in [-0.1, -0.05) is 46.8 Å². The standard InChI is InChI=1S/C30H44O5/c1-16(18(3)20(5)31)8-9-17(2)21-10-13-30(35)27-24(33)14-22-19(4)23(32)11-12-28(22,6)26(27)25(34)15-29(21,30)7/h17-19,21-22,24,33,35H,1,8-15H2,2-7H3/t17-,18?,19+,21?,22?,24+,28+,29-,30-/m1/s1. The lowest BCUT2D eigenvalue weighted by atomic mass is 9.47. The smallest absolute Gasteiger partial charge is 0.160 e. The van der Waals surface area contributed by atoms with Crippen molar-refractivity contribution in [3.05, 3.63) is 23.3 Å². The number of hydrogen-bond acceptors (Lipinski definition) is 5. The molecule has 194 valence electrons. The van der Waals surface area contributed by atoms with Crippen molar-refractivity contribution >= 4 is 17.3 Å². The first-order valence-electron chi connectivity index (χ1n) is 13.6. The zero-order valence-corrected chi connectivity index (χ0v) is 22.4. The average molecular weight is 485 g/mol. The summed E-state index contributed by atoms with van der Waals surface area (Å²) >= 11 is 0. The fourth-order valence-electron chi connectivity index (χ4n) is 8.58. The van der Waals surface area contributed by atoms with Gasteiger partial charge < -0.3 is 10.2 Å². The third kappa shape index (κ3) is 3.75. The molecule has 2 saturated carbocycles. The molecule has 5 nitrogen and oxygen atoms in total. The summed E-state index contributed by atoms with van der Waals surface area (Å²) in [7, 11) is 0. The van der Waals surface area contributed by atoms with Gasteiger partial charge >= 0.3 is 0 Å². The topological polar surface area (TPSA) is 91.7 Å². The molecular weight excluding hydrogens is 440 g/mol. The lowest BCUT2D eigenvalue weighted by Gasteiger charge is -2.58. The Balaban J connectivity index is 1.66. The Morgan fingerprint density at radius 1 is 1.20 bits per heavy atom. The highest BCUT2D eigenvalue weighted by atomic mass is 16.3. The predicted octanol–water partition coefficient (Wildman–Crippen LogP) is 4.99. The minimum absolute atomic E-state index is 0.0497. The summed E-state index contributed by atoms with van der Waals surface area (Å²) in [6, 6.07) is 0. The van der Waals surface area contributed by atoms with Gasteiger partial charge in [0.05, 0.1) is 11.7 Å². The second-order valence-electron chi connectivity index (χ2n) is 12.8. The second kappa shape index (κ2) is 8.76. The Bertz CT molecular complexity index is 993. The molecule has 0 saturated heterocycles. The van der Waals surface area contributed by atoms with Gasteiger partial charge in [-0.3, -0.25) is 14.4 Å². The van der Waals surface area contributed by atoms with Gasteiger partial charge in [-0.15, -0.1) is 0 Å². The van der Waals surface area contributed by atoms with Crippen LogP contribution in [0.4, 0.5) is 0 Å². The zero-order chi connectivity index (χ0) is 26.1. The summed E-state index contributed by atoms with van der Waals surface area (Å²) in [5, 5.41) is 23.7. The van der Waals surface area contributed by atoms with Gasteiger partial charge in [0.1, 0.15) is 11.6 Å². The first-order chi connectivity index (χ1) is 16.2. The zero-order valence-electron chi connectivity index (χ0n) is 22.4. The number of ketones is 3. The van der Waals surface area contributed by atoms with E-state index in [-0.39, 0.29) is 53.4 Å². The maximum Gasteiger partial charge on any atom is 0.160 e. The van der Waals surface area contributed by atoms with E-state index in [0.717, 1.165) is 24.8 Å². The monoisotopic (exact) mass is 484 g/mol. The van der Waals surface area contributed by atoms with Crippen LogP contribution in [0.3, 0.4) is 0 Å². The molecule has 0 amide bonds. The molecular formula is C30H44O5. The molecule has 4 aliphatic rings. The number of carbonyl (C=O) groups excluding carboxylic acids is 3. The minimum Gasteiger partial charge on any atom is -0.389 e. The summed E-state index contributed by atoms with van der Waals surface area (Å²) < 4.78 is 0. The van der Waals surface area contributed by atoms with Crippen molar-refractivity contribution in [3.8, 4) is 0 Å².